The first-order valence-corrected chi connectivity index (χ1v) is 8.98. The Morgan fingerprint density at radius 3 is 2.96 bits per heavy atom. The van der Waals surface area contributed by atoms with Crippen LogP contribution < -0.4 is 9.64 Å². The van der Waals surface area contributed by atoms with E-state index in [0.717, 1.165) is 42.3 Å². The van der Waals surface area contributed by atoms with Crippen LogP contribution in [0.4, 0.5) is 5.69 Å². The highest BCUT2D eigenvalue weighted by Crippen LogP contribution is 2.36. The van der Waals surface area contributed by atoms with E-state index in [1.807, 2.05) is 18.2 Å². The summed E-state index contributed by atoms with van der Waals surface area (Å²) in [6.45, 7) is 0.262. The quantitative estimate of drug-likeness (QED) is 0.800. The molecule has 1 aromatic heterocycles. The lowest BCUT2D eigenvalue weighted by Gasteiger charge is -2.25. The second-order valence-electron chi connectivity index (χ2n) is 6.83. The summed E-state index contributed by atoms with van der Waals surface area (Å²) in [6, 6.07) is 5.78. The molecular formula is C19H20N2O6. The van der Waals surface area contributed by atoms with Crippen LogP contribution in [0.15, 0.2) is 28.8 Å². The summed E-state index contributed by atoms with van der Waals surface area (Å²) in [4.78, 5) is 28.8. The van der Waals surface area contributed by atoms with E-state index in [4.69, 9.17) is 14.3 Å². The molecule has 0 spiro atoms. The van der Waals surface area contributed by atoms with Gasteiger partial charge in [-0.25, -0.2) is 4.79 Å². The monoisotopic (exact) mass is 372 g/mol. The zero-order valence-electron chi connectivity index (χ0n) is 14.6. The number of rotatable bonds is 6. The van der Waals surface area contributed by atoms with E-state index in [-0.39, 0.29) is 30.4 Å². The number of aliphatic hydroxyl groups is 1. The topological polar surface area (TPSA) is 113 Å². The fourth-order valence-corrected chi connectivity index (χ4v) is 3.81. The average Bonchev–Trinajstić information content (AvgIpc) is 3.35. The molecule has 2 aromatic rings. The first-order chi connectivity index (χ1) is 13.0. The van der Waals surface area contributed by atoms with Gasteiger partial charge < -0.3 is 24.3 Å². The summed E-state index contributed by atoms with van der Waals surface area (Å²) in [5.74, 6) is -1.41. The molecule has 1 saturated heterocycles. The molecule has 1 aliphatic carbocycles. The first-order valence-electron chi connectivity index (χ1n) is 8.98. The average molecular weight is 372 g/mol. The number of anilines is 1. The van der Waals surface area contributed by atoms with Crippen LogP contribution in [0.3, 0.4) is 0 Å². The van der Waals surface area contributed by atoms with Gasteiger partial charge in [0.25, 0.3) is 0 Å². The maximum absolute atomic E-state index is 12.4. The number of aryl methyl sites for hydroxylation is 1. The van der Waals surface area contributed by atoms with E-state index < -0.39 is 12.1 Å². The lowest BCUT2D eigenvalue weighted by Crippen LogP contribution is -2.34. The highest BCUT2D eigenvalue weighted by molar-refractivity contribution is 5.96. The van der Waals surface area contributed by atoms with E-state index in [2.05, 4.69) is 4.98 Å². The van der Waals surface area contributed by atoms with Gasteiger partial charge in [0.2, 0.25) is 11.7 Å². The highest BCUT2D eigenvalue weighted by atomic mass is 16.6. The van der Waals surface area contributed by atoms with Crippen LogP contribution in [0.2, 0.25) is 0 Å². The van der Waals surface area contributed by atoms with Gasteiger partial charge in [-0.3, -0.25) is 4.79 Å². The zero-order chi connectivity index (χ0) is 19.0. The van der Waals surface area contributed by atoms with Crippen LogP contribution in [0.1, 0.15) is 53.5 Å². The number of hydrogen-bond donors (Lipinski definition) is 2. The number of carboxylic acids is 1. The Labute approximate surface area is 155 Å². The number of carbonyl (C=O) groups is 2. The number of hydrogen-bond acceptors (Lipinski definition) is 6. The lowest BCUT2D eigenvalue weighted by molar-refractivity contribution is -0.117. The molecule has 2 atom stereocenters. The van der Waals surface area contributed by atoms with Crippen molar-refractivity contribution in [2.24, 2.45) is 0 Å². The van der Waals surface area contributed by atoms with Crippen molar-refractivity contribution >= 4 is 17.6 Å². The number of aromatic nitrogens is 1. The van der Waals surface area contributed by atoms with Gasteiger partial charge in [0.15, 0.2) is 0 Å². The molecule has 0 bridgehead atoms. The third-order valence-corrected chi connectivity index (χ3v) is 5.15. The van der Waals surface area contributed by atoms with Gasteiger partial charge in [-0.05, 0) is 42.5 Å². The Morgan fingerprint density at radius 2 is 2.19 bits per heavy atom. The predicted octanol–water partition coefficient (Wildman–Crippen LogP) is 2.32. The zero-order valence-corrected chi connectivity index (χ0v) is 14.6. The fraction of sp³-hybridized carbons (Fsp3) is 0.421. The Morgan fingerprint density at radius 1 is 1.33 bits per heavy atom. The van der Waals surface area contributed by atoms with Crippen molar-refractivity contribution in [3.05, 3.63) is 41.3 Å². The van der Waals surface area contributed by atoms with Gasteiger partial charge in [0.05, 0.1) is 18.9 Å². The van der Waals surface area contributed by atoms with Gasteiger partial charge >= 0.3 is 12.0 Å². The molecule has 142 valence electrons. The predicted molar refractivity (Wildman–Crippen MR) is 93.8 cm³/mol. The van der Waals surface area contributed by atoms with Gasteiger partial charge in [0.1, 0.15) is 0 Å². The molecule has 8 heteroatoms. The van der Waals surface area contributed by atoms with E-state index in [0.29, 0.717) is 12.8 Å². The second kappa shape index (κ2) is 7.03. The summed E-state index contributed by atoms with van der Waals surface area (Å²) in [7, 11) is 0. The van der Waals surface area contributed by atoms with E-state index >= 15 is 0 Å². The molecule has 27 heavy (non-hydrogen) atoms. The number of nitrogens with zero attached hydrogens (tertiary/aromatic N) is 2. The highest BCUT2D eigenvalue weighted by Gasteiger charge is 2.33. The number of ether oxygens (including phenoxy) is 1. The third-order valence-electron chi connectivity index (χ3n) is 5.15. The summed E-state index contributed by atoms with van der Waals surface area (Å²) >= 11 is 0. The van der Waals surface area contributed by atoms with Crippen LogP contribution in [0.5, 0.6) is 6.08 Å². The Kier molecular flexibility index (Phi) is 4.57. The summed E-state index contributed by atoms with van der Waals surface area (Å²) in [6.07, 6.45) is 3.92. The summed E-state index contributed by atoms with van der Waals surface area (Å²) in [5, 5.41) is 18.8. The van der Waals surface area contributed by atoms with Crippen molar-refractivity contribution in [3.8, 4) is 6.08 Å². The number of oxazole rings is 1. The van der Waals surface area contributed by atoms with Crippen molar-refractivity contribution < 1.29 is 29.0 Å². The second-order valence-corrected chi connectivity index (χ2v) is 6.83. The molecule has 2 aliphatic rings. The smallest absolute Gasteiger partial charge is 0.394 e. The van der Waals surface area contributed by atoms with Gasteiger partial charge in [-0.1, -0.05) is 6.07 Å². The molecule has 1 unspecified atom stereocenters. The molecule has 0 saturated carbocycles. The van der Waals surface area contributed by atoms with Crippen molar-refractivity contribution in [2.45, 2.75) is 44.2 Å². The molecule has 4 rings (SSSR count). The molecule has 1 amide bonds. The van der Waals surface area contributed by atoms with Crippen LogP contribution >= 0.6 is 0 Å². The number of aromatic carboxylic acids is 1. The number of aliphatic hydroxyl groups excluding tert-OH is 1. The third kappa shape index (κ3) is 3.40. The summed E-state index contributed by atoms with van der Waals surface area (Å²) in [5.41, 5.74) is 2.89. The van der Waals surface area contributed by atoms with Crippen molar-refractivity contribution in [2.75, 3.05) is 11.5 Å². The van der Waals surface area contributed by atoms with Gasteiger partial charge in [-0.15, -0.1) is 0 Å². The maximum atomic E-state index is 12.4. The van der Waals surface area contributed by atoms with Crippen LogP contribution in [0.25, 0.3) is 0 Å². The van der Waals surface area contributed by atoms with Gasteiger partial charge in [0, 0.05) is 24.6 Å². The molecule has 2 heterocycles. The van der Waals surface area contributed by atoms with E-state index in [9.17, 15) is 14.7 Å². The van der Waals surface area contributed by atoms with Crippen molar-refractivity contribution in [1.29, 1.82) is 0 Å². The fourth-order valence-electron chi connectivity index (χ4n) is 3.81. The van der Waals surface area contributed by atoms with Crippen LogP contribution in [0, 0.1) is 0 Å². The minimum atomic E-state index is -1.20. The van der Waals surface area contributed by atoms with Gasteiger partial charge in [-0.2, -0.15) is 4.98 Å². The molecule has 0 radical (unpaired) electrons. The number of carboxylic acid groups (broad SMARTS) is 1. The Balaban J connectivity index is 1.42. The normalized spacial score (nSPS) is 21.5. The standard InChI is InChI=1S/C19H20N2O6/c22-15-5-1-11-9-13(2-4-14(11)15)21-12(3-6-17(21)23)7-8-26-19-20-10-16(27-19)18(24)25/h2,4,9-10,12,15,22H,1,3,5-8H2,(H,24,25)/t12-,15?/m1/s1. The van der Waals surface area contributed by atoms with Crippen LogP contribution in [-0.2, 0) is 11.2 Å². The molecule has 1 fully saturated rings. The molecule has 1 aromatic carbocycles. The summed E-state index contributed by atoms with van der Waals surface area (Å²) < 4.78 is 10.4. The molecule has 8 nitrogen and oxygen atoms in total. The van der Waals surface area contributed by atoms with E-state index in [1.54, 1.807) is 4.90 Å². The van der Waals surface area contributed by atoms with Crippen LogP contribution in [-0.4, -0.2) is 39.7 Å². The number of amides is 1. The van der Waals surface area contributed by atoms with Crippen molar-refractivity contribution in [1.82, 2.24) is 4.98 Å². The lowest BCUT2D eigenvalue weighted by atomic mass is 10.1. The largest absolute Gasteiger partial charge is 0.475 e. The number of fused-ring (bicyclic) bond motifs is 1. The Bertz CT molecular complexity index is 877. The molecular weight excluding hydrogens is 352 g/mol. The number of carbonyl (C=O) groups excluding carboxylic acids is 1. The SMILES string of the molecule is O=C(O)c1cnc(OCC[C@H]2CCC(=O)N2c2ccc3c(c2)CCC3O)o1. The number of benzene rings is 1. The first kappa shape index (κ1) is 17.5. The molecule has 2 N–H and O–H groups in total. The molecule has 1 aliphatic heterocycles. The minimum absolute atomic E-state index is 0.00390. The van der Waals surface area contributed by atoms with E-state index in [1.165, 1.54) is 0 Å². The minimum Gasteiger partial charge on any atom is -0.475 e. The van der Waals surface area contributed by atoms with Crippen molar-refractivity contribution in [3.63, 3.8) is 0 Å². The maximum Gasteiger partial charge on any atom is 0.394 e. The Hall–Kier alpha value is -2.87.